The summed E-state index contributed by atoms with van der Waals surface area (Å²) < 4.78 is 5.34. The number of piperazine rings is 1. The Morgan fingerprint density at radius 2 is 2.54 bits per heavy atom. The van der Waals surface area contributed by atoms with E-state index in [4.69, 9.17) is 15.6 Å². The lowest BCUT2D eigenvalue weighted by Gasteiger charge is -2.49. The Morgan fingerprint density at radius 1 is 1.69 bits per heavy atom. The molecular weight excluding hydrogens is 170 g/mol. The lowest BCUT2D eigenvalue weighted by Crippen LogP contribution is -2.73. The normalized spacial score (nSPS) is 41.5. The lowest BCUT2D eigenvalue weighted by molar-refractivity contribution is -0.0883. The summed E-state index contributed by atoms with van der Waals surface area (Å²) in [5.74, 6) is 0. The maximum absolute atomic E-state index is 9.00. The standard InChI is InChI=1S/C8H17N3O2/c9-8-5-10-7(4-12)3-11(8)1-2-13-6-8/h7,10,12H,1-6,9H2/t7-,8?/m0/s1. The van der Waals surface area contributed by atoms with Gasteiger partial charge in [0.2, 0.25) is 0 Å². The van der Waals surface area contributed by atoms with Gasteiger partial charge in [0, 0.05) is 25.7 Å². The van der Waals surface area contributed by atoms with Gasteiger partial charge < -0.3 is 20.9 Å². The molecule has 0 bridgehead atoms. The van der Waals surface area contributed by atoms with Crippen molar-refractivity contribution in [2.75, 3.05) is 39.5 Å². The van der Waals surface area contributed by atoms with Gasteiger partial charge in [-0.2, -0.15) is 0 Å². The van der Waals surface area contributed by atoms with Crippen LogP contribution in [-0.4, -0.2) is 61.2 Å². The Balaban J connectivity index is 2.01. The number of nitrogens with two attached hydrogens (primary N) is 1. The third-order valence-electron chi connectivity index (χ3n) is 2.85. The molecule has 2 atom stereocenters. The maximum Gasteiger partial charge on any atom is 0.106 e. The first-order valence-electron chi connectivity index (χ1n) is 4.70. The molecule has 1 unspecified atom stereocenters. The summed E-state index contributed by atoms with van der Waals surface area (Å²) >= 11 is 0. The number of morpholine rings is 1. The molecule has 2 aliphatic rings. The zero-order valence-corrected chi connectivity index (χ0v) is 7.70. The molecule has 2 rings (SSSR count). The van der Waals surface area contributed by atoms with E-state index in [-0.39, 0.29) is 18.3 Å². The monoisotopic (exact) mass is 187 g/mol. The van der Waals surface area contributed by atoms with Gasteiger partial charge in [0.1, 0.15) is 5.66 Å². The van der Waals surface area contributed by atoms with Gasteiger partial charge in [-0.25, -0.2) is 0 Å². The highest BCUT2D eigenvalue weighted by molar-refractivity contribution is 4.96. The molecule has 0 radical (unpaired) electrons. The number of hydrogen-bond acceptors (Lipinski definition) is 5. The van der Waals surface area contributed by atoms with E-state index in [2.05, 4.69) is 10.2 Å². The lowest BCUT2D eigenvalue weighted by atomic mass is 10.0. The molecule has 13 heavy (non-hydrogen) atoms. The van der Waals surface area contributed by atoms with Gasteiger partial charge in [0.05, 0.1) is 19.8 Å². The van der Waals surface area contributed by atoms with Gasteiger partial charge >= 0.3 is 0 Å². The Bertz CT molecular complexity index is 190. The molecular formula is C8H17N3O2. The third-order valence-corrected chi connectivity index (χ3v) is 2.85. The van der Waals surface area contributed by atoms with Gasteiger partial charge in [-0.1, -0.05) is 0 Å². The highest BCUT2D eigenvalue weighted by Crippen LogP contribution is 2.17. The summed E-state index contributed by atoms with van der Waals surface area (Å²) in [4.78, 5) is 2.20. The fourth-order valence-corrected chi connectivity index (χ4v) is 1.95. The second kappa shape index (κ2) is 3.51. The van der Waals surface area contributed by atoms with Crippen molar-refractivity contribution < 1.29 is 9.84 Å². The zero-order valence-electron chi connectivity index (χ0n) is 7.70. The molecule has 0 amide bonds. The molecule has 2 heterocycles. The number of aliphatic hydroxyl groups excluding tert-OH is 1. The number of ether oxygens (including phenoxy) is 1. The van der Waals surface area contributed by atoms with Crippen molar-refractivity contribution in [2.45, 2.75) is 11.7 Å². The number of rotatable bonds is 1. The van der Waals surface area contributed by atoms with Crippen LogP contribution in [0.1, 0.15) is 0 Å². The molecule has 2 aliphatic heterocycles. The largest absolute Gasteiger partial charge is 0.395 e. The Morgan fingerprint density at radius 3 is 3.31 bits per heavy atom. The summed E-state index contributed by atoms with van der Waals surface area (Å²) in [7, 11) is 0. The second-order valence-corrected chi connectivity index (χ2v) is 3.86. The molecule has 2 saturated heterocycles. The highest BCUT2D eigenvalue weighted by Gasteiger charge is 2.40. The second-order valence-electron chi connectivity index (χ2n) is 3.86. The summed E-state index contributed by atoms with van der Waals surface area (Å²) in [5, 5.41) is 12.2. The van der Waals surface area contributed by atoms with Crippen LogP contribution in [-0.2, 0) is 4.74 Å². The van der Waals surface area contributed by atoms with Crippen molar-refractivity contribution >= 4 is 0 Å². The average molecular weight is 187 g/mol. The van der Waals surface area contributed by atoms with Crippen LogP contribution in [0.2, 0.25) is 0 Å². The zero-order chi connectivity index (χ0) is 9.31. The van der Waals surface area contributed by atoms with Crippen LogP contribution in [0.3, 0.4) is 0 Å². The number of aliphatic hydroxyl groups is 1. The number of fused-ring (bicyclic) bond motifs is 1. The molecule has 4 N–H and O–H groups in total. The van der Waals surface area contributed by atoms with E-state index in [0.29, 0.717) is 13.2 Å². The van der Waals surface area contributed by atoms with Crippen molar-refractivity contribution in [2.24, 2.45) is 5.73 Å². The molecule has 5 heteroatoms. The van der Waals surface area contributed by atoms with E-state index >= 15 is 0 Å². The molecule has 0 aliphatic carbocycles. The molecule has 5 nitrogen and oxygen atoms in total. The van der Waals surface area contributed by atoms with Crippen molar-refractivity contribution in [1.82, 2.24) is 10.2 Å². The molecule has 76 valence electrons. The first-order chi connectivity index (χ1) is 6.24. The SMILES string of the molecule is NC12CN[C@H](CO)CN1CCOC2. The number of nitrogens with zero attached hydrogens (tertiary/aromatic N) is 1. The summed E-state index contributed by atoms with van der Waals surface area (Å²) in [6.07, 6.45) is 0. The fraction of sp³-hybridized carbons (Fsp3) is 1.00. The number of hydrogen-bond donors (Lipinski definition) is 3. The maximum atomic E-state index is 9.00. The predicted octanol–water partition coefficient (Wildman–Crippen LogP) is -2.06. The average Bonchev–Trinajstić information content (AvgIpc) is 2.16. The predicted molar refractivity (Wildman–Crippen MR) is 48.2 cm³/mol. The van der Waals surface area contributed by atoms with Crippen molar-refractivity contribution in [1.29, 1.82) is 0 Å². The van der Waals surface area contributed by atoms with E-state index in [9.17, 15) is 0 Å². The Hall–Kier alpha value is -0.200. The first-order valence-corrected chi connectivity index (χ1v) is 4.70. The van der Waals surface area contributed by atoms with Crippen LogP contribution < -0.4 is 11.1 Å². The molecule has 0 aromatic carbocycles. The first kappa shape index (κ1) is 9.36. The topological polar surface area (TPSA) is 70.8 Å². The summed E-state index contributed by atoms with van der Waals surface area (Å²) in [6, 6.07) is 0.162. The van der Waals surface area contributed by atoms with Crippen molar-refractivity contribution in [3.05, 3.63) is 0 Å². The summed E-state index contributed by atoms with van der Waals surface area (Å²) in [5.41, 5.74) is 5.78. The van der Waals surface area contributed by atoms with Crippen LogP contribution >= 0.6 is 0 Å². The molecule has 0 aromatic rings. The minimum absolute atomic E-state index is 0.162. The molecule has 0 spiro atoms. The minimum Gasteiger partial charge on any atom is -0.395 e. The van der Waals surface area contributed by atoms with Gasteiger partial charge in [0.25, 0.3) is 0 Å². The Labute approximate surface area is 77.8 Å². The van der Waals surface area contributed by atoms with Crippen LogP contribution in [0.5, 0.6) is 0 Å². The van der Waals surface area contributed by atoms with E-state index in [1.807, 2.05) is 0 Å². The van der Waals surface area contributed by atoms with Gasteiger partial charge in [0.15, 0.2) is 0 Å². The van der Waals surface area contributed by atoms with Crippen LogP contribution in [0, 0.1) is 0 Å². The van der Waals surface area contributed by atoms with Gasteiger partial charge in [-0.15, -0.1) is 0 Å². The van der Waals surface area contributed by atoms with Crippen molar-refractivity contribution in [3.63, 3.8) is 0 Å². The molecule has 0 saturated carbocycles. The highest BCUT2D eigenvalue weighted by atomic mass is 16.5. The van der Waals surface area contributed by atoms with E-state index in [1.165, 1.54) is 0 Å². The quantitative estimate of drug-likeness (QED) is 0.440. The Kier molecular flexibility index (Phi) is 2.53. The minimum atomic E-state index is -0.357. The van der Waals surface area contributed by atoms with Crippen LogP contribution in [0.25, 0.3) is 0 Å². The van der Waals surface area contributed by atoms with Crippen molar-refractivity contribution in [3.8, 4) is 0 Å². The van der Waals surface area contributed by atoms with Crippen LogP contribution in [0.4, 0.5) is 0 Å². The summed E-state index contributed by atoms with van der Waals surface area (Å²) in [6.45, 7) is 3.88. The van der Waals surface area contributed by atoms with E-state index in [1.54, 1.807) is 0 Å². The van der Waals surface area contributed by atoms with Gasteiger partial charge in [-0.05, 0) is 0 Å². The van der Waals surface area contributed by atoms with E-state index in [0.717, 1.165) is 19.7 Å². The van der Waals surface area contributed by atoms with Crippen LogP contribution in [0.15, 0.2) is 0 Å². The molecule has 2 fully saturated rings. The number of nitrogens with one attached hydrogen (secondary N) is 1. The fourth-order valence-electron chi connectivity index (χ4n) is 1.95. The third kappa shape index (κ3) is 1.70. The smallest absolute Gasteiger partial charge is 0.106 e. The molecule has 0 aromatic heterocycles. The van der Waals surface area contributed by atoms with E-state index < -0.39 is 0 Å². The van der Waals surface area contributed by atoms with Gasteiger partial charge in [-0.3, -0.25) is 4.90 Å².